The first-order chi connectivity index (χ1) is 13.3. The molecular formula is C20H22Cl2FN3OS2. The molecule has 0 atom stereocenters. The molecule has 0 saturated carbocycles. The van der Waals surface area contributed by atoms with E-state index >= 15 is 0 Å². The third-order valence-corrected chi connectivity index (χ3v) is 6.70. The third-order valence-electron chi connectivity index (χ3n) is 4.16. The SMILES string of the molecule is Cc1ccc(Cl)c2sc(N(CCN(C)C)C(=O)CSc3ccc(F)cc3)nc12.Cl. The molecule has 29 heavy (non-hydrogen) atoms. The van der Waals surface area contributed by atoms with Crippen molar-refractivity contribution >= 4 is 68.4 Å². The van der Waals surface area contributed by atoms with Gasteiger partial charge in [0.15, 0.2) is 5.13 Å². The second-order valence-electron chi connectivity index (χ2n) is 6.63. The zero-order valence-corrected chi connectivity index (χ0v) is 19.5. The largest absolute Gasteiger partial charge is 0.308 e. The number of nitrogens with zero attached hydrogens (tertiary/aromatic N) is 3. The standard InChI is InChI=1S/C20H21ClFN3OS2.ClH/c1-13-4-9-16(21)19-18(13)23-20(28-19)25(11-10-24(2)3)17(26)12-27-15-7-5-14(22)6-8-15;/h4-9H,10-12H2,1-3H3;1H. The van der Waals surface area contributed by atoms with Crippen LogP contribution in [0, 0.1) is 12.7 Å². The van der Waals surface area contributed by atoms with Gasteiger partial charge in [0.2, 0.25) is 5.91 Å². The monoisotopic (exact) mass is 473 g/mol. The van der Waals surface area contributed by atoms with E-state index in [1.807, 2.05) is 38.1 Å². The summed E-state index contributed by atoms with van der Waals surface area (Å²) < 4.78 is 14.0. The summed E-state index contributed by atoms with van der Waals surface area (Å²) >= 11 is 9.15. The van der Waals surface area contributed by atoms with Gasteiger partial charge in [-0.1, -0.05) is 29.0 Å². The molecule has 3 rings (SSSR count). The minimum absolute atomic E-state index is 0. The Hall–Kier alpha value is -1.38. The minimum Gasteiger partial charge on any atom is -0.308 e. The van der Waals surface area contributed by atoms with E-state index in [-0.39, 0.29) is 29.9 Å². The van der Waals surface area contributed by atoms with Crippen molar-refractivity contribution in [3.8, 4) is 0 Å². The van der Waals surface area contributed by atoms with Crippen LogP contribution < -0.4 is 4.90 Å². The second kappa shape index (κ2) is 10.6. The second-order valence-corrected chi connectivity index (χ2v) is 9.06. The highest BCUT2D eigenvalue weighted by atomic mass is 35.5. The van der Waals surface area contributed by atoms with Crippen molar-refractivity contribution in [1.29, 1.82) is 0 Å². The number of halogens is 3. The number of carbonyl (C=O) groups excluding carboxylic acids is 1. The fourth-order valence-electron chi connectivity index (χ4n) is 2.59. The molecule has 0 N–H and O–H groups in total. The topological polar surface area (TPSA) is 36.4 Å². The van der Waals surface area contributed by atoms with E-state index in [0.717, 1.165) is 27.2 Å². The van der Waals surface area contributed by atoms with Crippen LogP contribution in [0.1, 0.15) is 5.56 Å². The van der Waals surface area contributed by atoms with Gasteiger partial charge in [-0.05, 0) is 56.9 Å². The van der Waals surface area contributed by atoms with Gasteiger partial charge in [0.25, 0.3) is 0 Å². The first-order valence-electron chi connectivity index (χ1n) is 8.74. The quantitative estimate of drug-likeness (QED) is 0.424. The van der Waals surface area contributed by atoms with Crippen LogP contribution in [0.15, 0.2) is 41.3 Å². The van der Waals surface area contributed by atoms with Gasteiger partial charge in [-0.15, -0.1) is 24.2 Å². The van der Waals surface area contributed by atoms with E-state index in [1.165, 1.54) is 35.2 Å². The van der Waals surface area contributed by atoms with Crippen molar-refractivity contribution in [2.24, 2.45) is 0 Å². The maximum atomic E-state index is 13.1. The number of likely N-dealkylation sites (N-methyl/N-ethyl adjacent to an activating group) is 1. The third kappa shape index (κ3) is 6.06. The van der Waals surface area contributed by atoms with Crippen molar-refractivity contribution in [3.05, 3.63) is 52.8 Å². The highest BCUT2D eigenvalue weighted by molar-refractivity contribution is 8.00. The van der Waals surface area contributed by atoms with Crippen molar-refractivity contribution in [2.45, 2.75) is 11.8 Å². The molecule has 0 aliphatic heterocycles. The van der Waals surface area contributed by atoms with Crippen molar-refractivity contribution < 1.29 is 9.18 Å². The molecule has 0 bridgehead atoms. The fraction of sp³-hybridized carbons (Fsp3) is 0.300. The number of hydrogen-bond donors (Lipinski definition) is 0. The van der Waals surface area contributed by atoms with Crippen molar-refractivity contribution in [2.75, 3.05) is 37.8 Å². The molecule has 156 valence electrons. The van der Waals surface area contributed by atoms with E-state index in [0.29, 0.717) is 16.7 Å². The van der Waals surface area contributed by atoms with E-state index in [1.54, 1.807) is 17.0 Å². The van der Waals surface area contributed by atoms with Crippen LogP contribution in [0.4, 0.5) is 9.52 Å². The lowest BCUT2D eigenvalue weighted by molar-refractivity contribution is -0.116. The molecular weight excluding hydrogens is 452 g/mol. The number of benzene rings is 2. The molecule has 1 heterocycles. The zero-order chi connectivity index (χ0) is 20.3. The summed E-state index contributed by atoms with van der Waals surface area (Å²) in [6.07, 6.45) is 0. The lowest BCUT2D eigenvalue weighted by Crippen LogP contribution is -2.37. The average molecular weight is 474 g/mol. The predicted molar refractivity (Wildman–Crippen MR) is 125 cm³/mol. The summed E-state index contributed by atoms with van der Waals surface area (Å²) in [5, 5.41) is 1.29. The molecule has 0 fully saturated rings. The Morgan fingerprint density at radius 3 is 2.48 bits per heavy atom. The summed E-state index contributed by atoms with van der Waals surface area (Å²) in [6.45, 7) is 3.24. The van der Waals surface area contributed by atoms with Gasteiger partial charge < -0.3 is 4.90 Å². The van der Waals surface area contributed by atoms with Crippen molar-refractivity contribution in [3.63, 3.8) is 0 Å². The Morgan fingerprint density at radius 2 is 1.86 bits per heavy atom. The van der Waals surface area contributed by atoms with Gasteiger partial charge >= 0.3 is 0 Å². The average Bonchev–Trinajstić information content (AvgIpc) is 3.10. The van der Waals surface area contributed by atoms with Gasteiger partial charge in [-0.25, -0.2) is 9.37 Å². The van der Waals surface area contributed by atoms with Crippen molar-refractivity contribution in [1.82, 2.24) is 9.88 Å². The maximum Gasteiger partial charge on any atom is 0.239 e. The van der Waals surface area contributed by atoms with Gasteiger partial charge in [0.1, 0.15) is 5.82 Å². The maximum absolute atomic E-state index is 13.1. The summed E-state index contributed by atoms with van der Waals surface area (Å²) in [4.78, 5) is 22.3. The van der Waals surface area contributed by atoms with Crippen LogP contribution in [0.2, 0.25) is 5.02 Å². The normalized spacial score (nSPS) is 11.0. The summed E-state index contributed by atoms with van der Waals surface area (Å²) in [5.41, 5.74) is 1.86. The summed E-state index contributed by atoms with van der Waals surface area (Å²) in [6, 6.07) is 9.95. The fourth-order valence-corrected chi connectivity index (χ4v) is 4.72. The Bertz CT molecular complexity index is 941. The number of anilines is 1. The Kier molecular flexibility index (Phi) is 8.73. The van der Waals surface area contributed by atoms with Crippen LogP contribution in [0.3, 0.4) is 0 Å². The number of carbonyl (C=O) groups is 1. The number of fused-ring (bicyclic) bond motifs is 1. The van der Waals surface area contributed by atoms with Gasteiger partial charge in [-0.2, -0.15) is 0 Å². The minimum atomic E-state index is -0.287. The molecule has 3 aromatic rings. The highest BCUT2D eigenvalue weighted by Gasteiger charge is 2.21. The molecule has 9 heteroatoms. The Labute approximate surface area is 189 Å². The lowest BCUT2D eigenvalue weighted by Gasteiger charge is -2.21. The van der Waals surface area contributed by atoms with Gasteiger partial charge in [0.05, 0.1) is 21.0 Å². The van der Waals surface area contributed by atoms with Crippen LogP contribution >= 0.6 is 47.1 Å². The number of rotatable bonds is 7. The highest BCUT2D eigenvalue weighted by Crippen LogP contribution is 2.36. The molecule has 0 radical (unpaired) electrons. The number of thiazole rings is 1. The number of thioether (sulfide) groups is 1. The number of aromatic nitrogens is 1. The molecule has 0 aliphatic carbocycles. The number of aryl methyl sites for hydroxylation is 1. The van der Waals surface area contributed by atoms with E-state index < -0.39 is 0 Å². The molecule has 0 unspecified atom stereocenters. The summed E-state index contributed by atoms with van der Waals surface area (Å²) in [7, 11) is 3.94. The zero-order valence-electron chi connectivity index (χ0n) is 16.3. The van der Waals surface area contributed by atoms with Gasteiger partial charge in [-0.3, -0.25) is 9.69 Å². The molecule has 0 aliphatic rings. The number of hydrogen-bond acceptors (Lipinski definition) is 5. The Balaban J connectivity index is 0.00000300. The van der Waals surface area contributed by atoms with Crippen LogP contribution in [-0.4, -0.2) is 48.7 Å². The molecule has 2 aromatic carbocycles. The lowest BCUT2D eigenvalue weighted by atomic mass is 10.2. The molecule has 0 spiro atoms. The van der Waals surface area contributed by atoms with Crippen LogP contribution in [0.5, 0.6) is 0 Å². The Morgan fingerprint density at radius 1 is 1.17 bits per heavy atom. The predicted octanol–water partition coefficient (Wildman–Crippen LogP) is 5.51. The molecule has 1 aromatic heterocycles. The van der Waals surface area contributed by atoms with E-state index in [9.17, 15) is 9.18 Å². The summed E-state index contributed by atoms with van der Waals surface area (Å²) in [5.74, 6) is -0.0733. The van der Waals surface area contributed by atoms with E-state index in [2.05, 4.69) is 0 Å². The van der Waals surface area contributed by atoms with Crippen LogP contribution in [0.25, 0.3) is 10.2 Å². The van der Waals surface area contributed by atoms with Crippen LogP contribution in [-0.2, 0) is 4.79 Å². The first-order valence-corrected chi connectivity index (χ1v) is 10.9. The molecule has 0 saturated heterocycles. The van der Waals surface area contributed by atoms with Gasteiger partial charge in [0, 0.05) is 18.0 Å². The molecule has 4 nitrogen and oxygen atoms in total. The van der Waals surface area contributed by atoms with E-state index in [4.69, 9.17) is 16.6 Å². The first kappa shape index (κ1) is 23.9. The smallest absolute Gasteiger partial charge is 0.239 e. The molecule has 1 amide bonds. The number of amides is 1.